The van der Waals surface area contributed by atoms with Gasteiger partial charge in [0.2, 0.25) is 0 Å². The molecule has 0 radical (unpaired) electrons. The molecule has 0 atom stereocenters. The topological polar surface area (TPSA) is 56.1 Å². The zero-order chi connectivity index (χ0) is 20.9. The summed E-state index contributed by atoms with van der Waals surface area (Å²) in [6.07, 6.45) is 0.847. The number of thiophene rings is 1. The Morgan fingerprint density at radius 2 is 1.87 bits per heavy atom. The lowest BCUT2D eigenvalue weighted by atomic mass is 10.1. The molecule has 1 amide bonds. The molecule has 0 spiro atoms. The molecule has 0 bridgehead atoms. The van der Waals surface area contributed by atoms with E-state index >= 15 is 0 Å². The summed E-state index contributed by atoms with van der Waals surface area (Å²) >= 11 is 1.44. The summed E-state index contributed by atoms with van der Waals surface area (Å²) in [6.45, 7) is 5.93. The number of aryl methyl sites for hydroxylation is 3. The van der Waals surface area contributed by atoms with Crippen LogP contribution in [0.5, 0.6) is 5.75 Å². The van der Waals surface area contributed by atoms with Gasteiger partial charge in [-0.05, 0) is 55.0 Å². The van der Waals surface area contributed by atoms with Crippen LogP contribution in [0, 0.1) is 13.8 Å². The van der Waals surface area contributed by atoms with E-state index in [1.807, 2.05) is 41.8 Å². The van der Waals surface area contributed by atoms with Crippen molar-refractivity contribution >= 4 is 28.3 Å². The lowest BCUT2D eigenvalue weighted by Gasteiger charge is -2.13. The van der Waals surface area contributed by atoms with Gasteiger partial charge in [-0.15, -0.1) is 11.3 Å². The Morgan fingerprint density at radius 1 is 1.07 bits per heavy atom. The third kappa shape index (κ3) is 4.39. The minimum absolute atomic E-state index is 0.0676. The predicted molar refractivity (Wildman–Crippen MR) is 121 cm³/mol. The van der Waals surface area contributed by atoms with Crippen molar-refractivity contribution in [2.24, 2.45) is 0 Å². The van der Waals surface area contributed by atoms with Gasteiger partial charge < -0.3 is 14.6 Å². The van der Waals surface area contributed by atoms with Gasteiger partial charge in [-0.3, -0.25) is 4.79 Å². The Bertz CT molecular complexity index is 1130. The molecule has 4 rings (SSSR count). The molecule has 6 heteroatoms. The summed E-state index contributed by atoms with van der Waals surface area (Å²) < 4.78 is 8.24. The normalized spacial score (nSPS) is 11.0. The van der Waals surface area contributed by atoms with Crippen molar-refractivity contribution in [2.45, 2.75) is 33.4 Å². The Kier molecular flexibility index (Phi) is 6.14. The molecule has 0 saturated heterocycles. The van der Waals surface area contributed by atoms with Crippen LogP contribution in [0.15, 0.2) is 60.0 Å². The standard InChI is InChI=1S/C24H25N3O2S/c1-17-8-5-9-18(2)23(17)29-14-7-13-27-20-11-4-3-10-19(20)26-22(27)16-25-24(28)21-12-6-15-30-21/h3-6,8-12,15H,7,13-14,16H2,1-2H3,(H,25,28). The summed E-state index contributed by atoms with van der Waals surface area (Å²) in [6, 6.07) is 18.0. The summed E-state index contributed by atoms with van der Waals surface area (Å²) in [7, 11) is 0. The number of hydrogen-bond donors (Lipinski definition) is 1. The lowest BCUT2D eigenvalue weighted by molar-refractivity contribution is 0.0953. The molecule has 2 heterocycles. The van der Waals surface area contributed by atoms with Crippen molar-refractivity contribution in [3.63, 3.8) is 0 Å². The van der Waals surface area contributed by atoms with E-state index in [9.17, 15) is 4.79 Å². The van der Waals surface area contributed by atoms with Gasteiger partial charge in [-0.1, -0.05) is 36.4 Å². The molecule has 0 fully saturated rings. The number of para-hydroxylation sites is 3. The van der Waals surface area contributed by atoms with Crippen LogP contribution in [0.3, 0.4) is 0 Å². The molecule has 154 valence electrons. The van der Waals surface area contributed by atoms with E-state index in [2.05, 4.69) is 41.9 Å². The van der Waals surface area contributed by atoms with Crippen LogP contribution in [-0.2, 0) is 13.1 Å². The number of rotatable bonds is 8. The zero-order valence-corrected chi connectivity index (χ0v) is 18.0. The van der Waals surface area contributed by atoms with E-state index in [0.29, 0.717) is 18.0 Å². The largest absolute Gasteiger partial charge is 0.493 e. The monoisotopic (exact) mass is 419 g/mol. The molecular weight excluding hydrogens is 394 g/mol. The first-order valence-corrected chi connectivity index (χ1v) is 11.0. The lowest BCUT2D eigenvalue weighted by Crippen LogP contribution is -2.24. The smallest absolute Gasteiger partial charge is 0.261 e. The highest BCUT2D eigenvalue weighted by Gasteiger charge is 2.13. The summed E-state index contributed by atoms with van der Waals surface area (Å²) in [5.41, 5.74) is 4.32. The number of hydrogen-bond acceptors (Lipinski definition) is 4. The van der Waals surface area contributed by atoms with Crippen LogP contribution in [-0.4, -0.2) is 22.1 Å². The van der Waals surface area contributed by atoms with Crippen LogP contribution in [0.1, 0.15) is 33.0 Å². The Hall–Kier alpha value is -3.12. The molecule has 0 aliphatic rings. The van der Waals surface area contributed by atoms with E-state index < -0.39 is 0 Å². The number of carbonyl (C=O) groups is 1. The molecule has 1 N–H and O–H groups in total. The van der Waals surface area contributed by atoms with E-state index in [0.717, 1.165) is 46.7 Å². The molecule has 2 aromatic heterocycles. The quantitative estimate of drug-likeness (QED) is 0.404. The summed E-state index contributed by atoms with van der Waals surface area (Å²) in [4.78, 5) is 17.8. The van der Waals surface area contributed by atoms with Crippen LogP contribution >= 0.6 is 11.3 Å². The number of ether oxygens (including phenoxy) is 1. The maximum Gasteiger partial charge on any atom is 0.261 e. The number of fused-ring (bicyclic) bond motifs is 1. The van der Waals surface area contributed by atoms with Gasteiger partial charge in [0.1, 0.15) is 11.6 Å². The second-order valence-electron chi connectivity index (χ2n) is 7.25. The number of nitrogens with one attached hydrogen (secondary N) is 1. The van der Waals surface area contributed by atoms with Gasteiger partial charge in [0.15, 0.2) is 0 Å². The fraction of sp³-hybridized carbons (Fsp3) is 0.250. The van der Waals surface area contributed by atoms with Crippen LogP contribution in [0.25, 0.3) is 11.0 Å². The van der Waals surface area contributed by atoms with E-state index in [4.69, 9.17) is 9.72 Å². The van der Waals surface area contributed by atoms with Gasteiger partial charge >= 0.3 is 0 Å². The van der Waals surface area contributed by atoms with Crippen molar-refractivity contribution in [2.75, 3.05) is 6.61 Å². The van der Waals surface area contributed by atoms with Gasteiger partial charge in [0.25, 0.3) is 5.91 Å². The maximum atomic E-state index is 12.3. The van der Waals surface area contributed by atoms with Crippen molar-refractivity contribution in [1.82, 2.24) is 14.9 Å². The minimum atomic E-state index is -0.0676. The number of aromatic nitrogens is 2. The van der Waals surface area contributed by atoms with Gasteiger partial charge in [0, 0.05) is 6.54 Å². The molecule has 2 aromatic carbocycles. The van der Waals surface area contributed by atoms with E-state index in [1.165, 1.54) is 11.3 Å². The number of benzene rings is 2. The predicted octanol–water partition coefficient (Wildman–Crippen LogP) is 5.11. The van der Waals surface area contributed by atoms with Crippen molar-refractivity contribution < 1.29 is 9.53 Å². The SMILES string of the molecule is Cc1cccc(C)c1OCCCn1c(CNC(=O)c2cccs2)nc2ccccc21. The number of imidazole rings is 1. The molecule has 0 aliphatic heterocycles. The maximum absolute atomic E-state index is 12.3. The first-order chi connectivity index (χ1) is 14.6. The first kappa shape index (κ1) is 20.2. The Labute approximate surface area is 180 Å². The summed E-state index contributed by atoms with van der Waals surface area (Å²) in [5, 5.41) is 4.89. The molecular formula is C24H25N3O2S. The molecule has 30 heavy (non-hydrogen) atoms. The molecule has 0 unspecified atom stereocenters. The third-order valence-corrected chi connectivity index (χ3v) is 5.94. The van der Waals surface area contributed by atoms with Crippen LogP contribution in [0.2, 0.25) is 0 Å². The highest BCUT2D eigenvalue weighted by Crippen LogP contribution is 2.23. The Balaban J connectivity index is 1.44. The number of nitrogens with zero attached hydrogens (tertiary/aromatic N) is 2. The van der Waals surface area contributed by atoms with Crippen molar-refractivity contribution in [1.29, 1.82) is 0 Å². The fourth-order valence-corrected chi connectivity index (χ4v) is 4.23. The second-order valence-corrected chi connectivity index (χ2v) is 8.20. The second kappa shape index (κ2) is 9.13. The highest BCUT2D eigenvalue weighted by molar-refractivity contribution is 7.12. The number of carbonyl (C=O) groups excluding carboxylic acids is 1. The molecule has 0 saturated carbocycles. The van der Waals surface area contributed by atoms with E-state index in [1.54, 1.807) is 0 Å². The average molecular weight is 420 g/mol. The molecule has 4 aromatic rings. The Morgan fingerprint density at radius 3 is 2.63 bits per heavy atom. The summed E-state index contributed by atoms with van der Waals surface area (Å²) in [5.74, 6) is 1.76. The average Bonchev–Trinajstić information content (AvgIpc) is 3.39. The van der Waals surface area contributed by atoms with Crippen LogP contribution in [0.4, 0.5) is 0 Å². The van der Waals surface area contributed by atoms with Crippen molar-refractivity contribution in [3.8, 4) is 5.75 Å². The third-order valence-electron chi connectivity index (χ3n) is 5.07. The number of amides is 1. The molecule has 0 aliphatic carbocycles. The molecule has 5 nitrogen and oxygen atoms in total. The van der Waals surface area contributed by atoms with Gasteiger partial charge in [-0.25, -0.2) is 4.98 Å². The van der Waals surface area contributed by atoms with Crippen LogP contribution < -0.4 is 10.1 Å². The van der Waals surface area contributed by atoms with Gasteiger partial charge in [-0.2, -0.15) is 0 Å². The van der Waals surface area contributed by atoms with Gasteiger partial charge in [0.05, 0.1) is 29.1 Å². The first-order valence-electron chi connectivity index (χ1n) is 10.1. The fourth-order valence-electron chi connectivity index (χ4n) is 3.59. The highest BCUT2D eigenvalue weighted by atomic mass is 32.1. The zero-order valence-electron chi connectivity index (χ0n) is 17.2. The van der Waals surface area contributed by atoms with Crippen molar-refractivity contribution in [3.05, 3.63) is 81.8 Å². The van der Waals surface area contributed by atoms with E-state index in [-0.39, 0.29) is 5.91 Å². The minimum Gasteiger partial charge on any atom is -0.493 e.